The molecule has 0 unspecified atom stereocenters. The Hall–Kier alpha value is -1.62. The predicted molar refractivity (Wildman–Crippen MR) is 105 cm³/mol. The van der Waals surface area contributed by atoms with Gasteiger partial charge in [-0.15, -0.1) is 0 Å². The number of ether oxygens (including phenoxy) is 1. The van der Waals surface area contributed by atoms with Gasteiger partial charge in [0.15, 0.2) is 0 Å². The first-order chi connectivity index (χ1) is 11.7. The number of carbonyl (C=O) groups is 1. The average Bonchev–Trinajstić information content (AvgIpc) is 3.12. The van der Waals surface area contributed by atoms with Crippen molar-refractivity contribution in [2.75, 3.05) is 0 Å². The molecule has 5 heteroatoms. The van der Waals surface area contributed by atoms with Gasteiger partial charge in [0.05, 0.1) is 6.04 Å². The summed E-state index contributed by atoms with van der Waals surface area (Å²) in [5.41, 5.74) is 2.96. The average molecular weight is 405 g/mol. The molecule has 0 spiro atoms. The first kappa shape index (κ1) is 18.2. The minimum absolute atomic E-state index is 0.0362. The molecule has 0 N–H and O–H groups in total. The van der Waals surface area contributed by atoms with E-state index in [4.69, 9.17) is 4.74 Å². The Labute approximate surface area is 158 Å². The van der Waals surface area contributed by atoms with Gasteiger partial charge in [-0.25, -0.2) is 4.79 Å². The monoisotopic (exact) mass is 404 g/mol. The van der Waals surface area contributed by atoms with E-state index in [1.54, 1.807) is 0 Å². The smallest absolute Gasteiger partial charge is 0.411 e. The van der Waals surface area contributed by atoms with Crippen molar-refractivity contribution in [2.45, 2.75) is 64.6 Å². The first-order valence-electron chi connectivity index (χ1n) is 8.77. The summed E-state index contributed by atoms with van der Waals surface area (Å²) in [5, 5.41) is 0. The van der Waals surface area contributed by atoms with E-state index >= 15 is 0 Å². The molecule has 1 aromatic rings. The fourth-order valence-corrected chi connectivity index (χ4v) is 3.69. The van der Waals surface area contributed by atoms with Gasteiger partial charge >= 0.3 is 6.09 Å². The molecule has 0 radical (unpaired) electrons. The molecule has 1 aromatic carbocycles. The van der Waals surface area contributed by atoms with Crippen LogP contribution in [-0.4, -0.2) is 34.4 Å². The molecule has 0 saturated carbocycles. The lowest BCUT2D eigenvalue weighted by molar-refractivity contribution is 0.0205. The van der Waals surface area contributed by atoms with E-state index in [1.165, 1.54) is 11.1 Å². The Balaban J connectivity index is 1.71. The summed E-state index contributed by atoms with van der Waals surface area (Å²) in [6.07, 6.45) is 4.42. The van der Waals surface area contributed by atoms with E-state index in [-0.39, 0.29) is 18.2 Å². The van der Waals surface area contributed by atoms with Gasteiger partial charge in [0, 0.05) is 28.8 Å². The van der Waals surface area contributed by atoms with Crippen LogP contribution in [0.15, 0.2) is 39.9 Å². The number of likely N-dealkylation sites (tertiary alicyclic amines) is 1. The number of allylic oxidation sites excluding steroid dienone is 1. The molecular weight excluding hydrogens is 380 g/mol. The molecule has 25 heavy (non-hydrogen) atoms. The normalized spacial score (nSPS) is 23.5. The van der Waals surface area contributed by atoms with Crippen molar-refractivity contribution >= 4 is 33.3 Å². The van der Waals surface area contributed by atoms with Gasteiger partial charge in [0.1, 0.15) is 5.60 Å². The lowest BCUT2D eigenvalue weighted by Crippen LogP contribution is -2.46. The van der Waals surface area contributed by atoms with Crippen molar-refractivity contribution in [1.29, 1.82) is 0 Å². The van der Waals surface area contributed by atoms with Gasteiger partial charge in [-0.05, 0) is 63.8 Å². The molecular formula is C20H25BrN2O2. The van der Waals surface area contributed by atoms with Crippen molar-refractivity contribution in [2.24, 2.45) is 4.99 Å². The number of halogens is 1. The van der Waals surface area contributed by atoms with Gasteiger partial charge in [0.2, 0.25) is 0 Å². The zero-order valence-corrected chi connectivity index (χ0v) is 16.8. The summed E-state index contributed by atoms with van der Waals surface area (Å²) >= 11 is 3.47. The van der Waals surface area contributed by atoms with Crippen LogP contribution in [0.2, 0.25) is 0 Å². The molecule has 1 amide bonds. The Morgan fingerprint density at radius 2 is 1.92 bits per heavy atom. The number of amides is 1. The number of nitrogens with zero attached hydrogens (tertiary/aromatic N) is 2. The standard InChI is InChI=1S/C20H25BrN2O2/c1-13-5-10-18(23(13)19(24)25-20(2,3)4)17-11-15(12-22-17)14-6-8-16(21)9-7-14/h6-9,12-13,18H,5,10-11H2,1-4H3/t13-,18-/m0/s1. The van der Waals surface area contributed by atoms with Crippen molar-refractivity contribution in [3.8, 4) is 0 Å². The van der Waals surface area contributed by atoms with Crippen molar-refractivity contribution < 1.29 is 9.53 Å². The molecule has 134 valence electrons. The fourth-order valence-electron chi connectivity index (χ4n) is 3.43. The molecule has 1 saturated heterocycles. The van der Waals surface area contributed by atoms with Crippen LogP contribution >= 0.6 is 15.9 Å². The van der Waals surface area contributed by atoms with Gasteiger partial charge in [0.25, 0.3) is 0 Å². The van der Waals surface area contributed by atoms with Gasteiger partial charge < -0.3 is 4.74 Å². The molecule has 2 aliphatic rings. The van der Waals surface area contributed by atoms with Crippen LogP contribution in [0.1, 0.15) is 52.5 Å². The second kappa shape index (κ2) is 6.94. The lowest BCUT2D eigenvalue weighted by Gasteiger charge is -2.31. The maximum atomic E-state index is 12.7. The van der Waals surface area contributed by atoms with E-state index in [0.717, 1.165) is 29.4 Å². The van der Waals surface area contributed by atoms with Gasteiger partial charge in [-0.1, -0.05) is 28.1 Å². The summed E-state index contributed by atoms with van der Waals surface area (Å²) < 4.78 is 6.68. The number of hydrogen-bond acceptors (Lipinski definition) is 3. The van der Waals surface area contributed by atoms with E-state index in [9.17, 15) is 4.79 Å². The predicted octanol–water partition coefficient (Wildman–Crippen LogP) is 5.42. The third kappa shape index (κ3) is 4.14. The lowest BCUT2D eigenvalue weighted by atomic mass is 9.99. The van der Waals surface area contributed by atoms with Crippen molar-refractivity contribution in [3.05, 3.63) is 40.5 Å². The maximum Gasteiger partial charge on any atom is 0.411 e. The molecule has 2 atom stereocenters. The minimum Gasteiger partial charge on any atom is -0.444 e. The highest BCUT2D eigenvalue weighted by Crippen LogP contribution is 2.33. The number of rotatable bonds is 2. The molecule has 3 rings (SSSR count). The van der Waals surface area contributed by atoms with Crippen LogP contribution in [0.5, 0.6) is 0 Å². The number of benzene rings is 1. The summed E-state index contributed by atoms with van der Waals surface area (Å²) in [6.45, 7) is 7.80. The number of hydrogen-bond donors (Lipinski definition) is 0. The van der Waals surface area contributed by atoms with Crippen LogP contribution in [-0.2, 0) is 4.74 Å². The summed E-state index contributed by atoms with van der Waals surface area (Å²) in [4.78, 5) is 19.2. The van der Waals surface area contributed by atoms with E-state index in [2.05, 4.69) is 40.0 Å². The highest BCUT2D eigenvalue weighted by molar-refractivity contribution is 9.10. The van der Waals surface area contributed by atoms with E-state index in [0.29, 0.717) is 0 Å². The summed E-state index contributed by atoms with van der Waals surface area (Å²) in [6, 6.07) is 8.49. The van der Waals surface area contributed by atoms with Crippen molar-refractivity contribution in [3.63, 3.8) is 0 Å². The molecule has 4 nitrogen and oxygen atoms in total. The van der Waals surface area contributed by atoms with E-state index < -0.39 is 5.60 Å². The zero-order valence-electron chi connectivity index (χ0n) is 15.3. The fraction of sp³-hybridized carbons (Fsp3) is 0.500. The van der Waals surface area contributed by atoms with Gasteiger partial charge in [-0.3, -0.25) is 9.89 Å². The van der Waals surface area contributed by atoms with Crippen LogP contribution in [0.4, 0.5) is 4.79 Å². The van der Waals surface area contributed by atoms with Crippen LogP contribution in [0.25, 0.3) is 5.57 Å². The quantitative estimate of drug-likeness (QED) is 0.659. The molecule has 0 aliphatic carbocycles. The second-order valence-electron chi connectivity index (χ2n) is 7.79. The molecule has 2 heterocycles. The Bertz CT molecular complexity index is 716. The Kier molecular flexibility index (Phi) is 5.05. The number of carbonyl (C=O) groups excluding carboxylic acids is 1. The van der Waals surface area contributed by atoms with Crippen LogP contribution in [0.3, 0.4) is 0 Å². The highest BCUT2D eigenvalue weighted by Gasteiger charge is 2.40. The van der Waals surface area contributed by atoms with E-state index in [1.807, 2.05) is 44.0 Å². The molecule has 2 aliphatic heterocycles. The summed E-state index contributed by atoms with van der Waals surface area (Å²) in [7, 11) is 0. The minimum atomic E-state index is -0.484. The highest BCUT2D eigenvalue weighted by atomic mass is 79.9. The topological polar surface area (TPSA) is 41.9 Å². The van der Waals surface area contributed by atoms with Gasteiger partial charge in [-0.2, -0.15) is 0 Å². The Morgan fingerprint density at radius 3 is 2.56 bits per heavy atom. The summed E-state index contributed by atoms with van der Waals surface area (Å²) in [5.74, 6) is 0. The second-order valence-corrected chi connectivity index (χ2v) is 8.70. The third-order valence-corrected chi connectivity index (χ3v) is 5.16. The largest absolute Gasteiger partial charge is 0.444 e. The zero-order chi connectivity index (χ0) is 18.2. The molecule has 0 bridgehead atoms. The first-order valence-corrected chi connectivity index (χ1v) is 9.57. The molecule has 1 fully saturated rings. The number of aliphatic imine (C=N–C) groups is 1. The van der Waals surface area contributed by atoms with Crippen LogP contribution in [0, 0.1) is 0 Å². The van der Waals surface area contributed by atoms with Crippen LogP contribution < -0.4 is 0 Å². The molecule has 0 aromatic heterocycles. The third-order valence-electron chi connectivity index (χ3n) is 4.63. The Morgan fingerprint density at radius 1 is 1.24 bits per heavy atom. The SMILES string of the molecule is C[C@H]1CC[C@@H](C2=NC=C(c3ccc(Br)cc3)C2)N1C(=O)OC(C)(C)C. The maximum absolute atomic E-state index is 12.7. The van der Waals surface area contributed by atoms with Crippen molar-refractivity contribution in [1.82, 2.24) is 4.90 Å².